The van der Waals surface area contributed by atoms with Gasteiger partial charge in [-0.1, -0.05) is 46.9 Å². The minimum atomic E-state index is -0.352. The van der Waals surface area contributed by atoms with Crippen molar-refractivity contribution in [3.05, 3.63) is 63.1 Å². The van der Waals surface area contributed by atoms with Crippen LogP contribution in [0.15, 0.2) is 42.5 Å². The van der Waals surface area contributed by atoms with E-state index in [0.29, 0.717) is 32.0 Å². The molecule has 0 heterocycles. The molecule has 0 aliphatic heterocycles. The van der Waals surface area contributed by atoms with E-state index in [1.165, 1.54) is 13.0 Å². The Labute approximate surface area is 154 Å². The van der Waals surface area contributed by atoms with E-state index in [2.05, 4.69) is 10.6 Å². The van der Waals surface area contributed by atoms with E-state index in [1.54, 1.807) is 42.5 Å². The molecular weight excluding hydrogens is 371 g/mol. The normalized spacial score (nSPS) is 10.7. The molecule has 2 aromatic rings. The molecule has 0 fully saturated rings. The lowest BCUT2D eigenvalue weighted by Gasteiger charge is -2.08. The van der Waals surface area contributed by atoms with Gasteiger partial charge in [0.1, 0.15) is 0 Å². The Morgan fingerprint density at radius 3 is 2.42 bits per heavy atom. The fourth-order valence-corrected chi connectivity index (χ4v) is 2.48. The van der Waals surface area contributed by atoms with Crippen LogP contribution in [0.1, 0.15) is 12.5 Å². The van der Waals surface area contributed by atoms with Crippen molar-refractivity contribution in [2.45, 2.75) is 6.92 Å². The van der Waals surface area contributed by atoms with Crippen LogP contribution in [-0.2, 0) is 9.59 Å². The number of hydrogen-bond acceptors (Lipinski definition) is 2. The number of hydrogen-bond donors (Lipinski definition) is 2. The average Bonchev–Trinajstić information content (AvgIpc) is 2.51. The summed E-state index contributed by atoms with van der Waals surface area (Å²) in [5.74, 6) is -0.579. The van der Waals surface area contributed by atoms with Crippen molar-refractivity contribution in [2.24, 2.45) is 0 Å². The highest BCUT2D eigenvalue weighted by Gasteiger charge is 2.06. The highest BCUT2D eigenvalue weighted by Crippen LogP contribution is 2.27. The van der Waals surface area contributed by atoms with Gasteiger partial charge in [-0.3, -0.25) is 9.59 Å². The lowest BCUT2D eigenvalue weighted by molar-refractivity contribution is -0.114. The molecule has 2 amide bonds. The van der Waals surface area contributed by atoms with Gasteiger partial charge in [0.05, 0.1) is 20.8 Å². The number of carbonyl (C=O) groups excluding carboxylic acids is 2. The number of nitrogens with one attached hydrogen (secondary N) is 2. The molecule has 0 aliphatic rings. The Kier molecular flexibility index (Phi) is 6.26. The van der Waals surface area contributed by atoms with Crippen molar-refractivity contribution in [1.82, 2.24) is 0 Å². The maximum absolute atomic E-state index is 12.0. The Bertz CT molecular complexity index is 819. The summed E-state index contributed by atoms with van der Waals surface area (Å²) in [6.07, 6.45) is 2.91. The number of halogens is 3. The number of amides is 2. The standard InChI is InChI=1S/C17H13Cl3N2O2/c1-10(23)21-15-7-6-12(9-14(15)19)22-16(24)8-5-11-3-2-4-13(18)17(11)20/h2-9H,1H3,(H,21,23)(H,22,24)/b8-5+. The zero-order valence-electron chi connectivity index (χ0n) is 12.6. The summed E-state index contributed by atoms with van der Waals surface area (Å²) in [4.78, 5) is 23.0. The van der Waals surface area contributed by atoms with Crippen molar-refractivity contribution in [3.8, 4) is 0 Å². The van der Waals surface area contributed by atoms with Crippen molar-refractivity contribution < 1.29 is 9.59 Å². The van der Waals surface area contributed by atoms with Crippen LogP contribution >= 0.6 is 34.8 Å². The Balaban J connectivity index is 2.07. The molecule has 2 rings (SSSR count). The fourth-order valence-electron chi connectivity index (χ4n) is 1.88. The quantitative estimate of drug-likeness (QED) is 0.708. The summed E-state index contributed by atoms with van der Waals surface area (Å²) in [6.45, 7) is 1.39. The number of anilines is 2. The van der Waals surface area contributed by atoms with Crippen LogP contribution in [0, 0.1) is 0 Å². The smallest absolute Gasteiger partial charge is 0.248 e. The highest BCUT2D eigenvalue weighted by molar-refractivity contribution is 6.43. The first-order valence-electron chi connectivity index (χ1n) is 6.87. The molecule has 7 heteroatoms. The molecule has 0 radical (unpaired) electrons. The van der Waals surface area contributed by atoms with Gasteiger partial charge in [-0.15, -0.1) is 0 Å². The van der Waals surface area contributed by atoms with Crippen LogP contribution in [0.25, 0.3) is 6.08 Å². The van der Waals surface area contributed by atoms with Gasteiger partial charge in [0.25, 0.3) is 0 Å². The molecule has 0 bridgehead atoms. The Morgan fingerprint density at radius 1 is 1.00 bits per heavy atom. The van der Waals surface area contributed by atoms with Crippen LogP contribution in [0.3, 0.4) is 0 Å². The van der Waals surface area contributed by atoms with Crippen LogP contribution in [0.5, 0.6) is 0 Å². The van der Waals surface area contributed by atoms with Gasteiger partial charge in [0.2, 0.25) is 11.8 Å². The molecule has 4 nitrogen and oxygen atoms in total. The van der Waals surface area contributed by atoms with Gasteiger partial charge in [-0.2, -0.15) is 0 Å². The van der Waals surface area contributed by atoms with E-state index in [9.17, 15) is 9.59 Å². The van der Waals surface area contributed by atoms with E-state index in [4.69, 9.17) is 34.8 Å². The Hall–Kier alpha value is -2.01. The van der Waals surface area contributed by atoms with Crippen molar-refractivity contribution in [2.75, 3.05) is 10.6 Å². The maximum atomic E-state index is 12.0. The van der Waals surface area contributed by atoms with E-state index < -0.39 is 0 Å². The molecule has 0 spiro atoms. The summed E-state index contributed by atoms with van der Waals surface area (Å²) < 4.78 is 0. The van der Waals surface area contributed by atoms with Crippen LogP contribution in [0.4, 0.5) is 11.4 Å². The zero-order chi connectivity index (χ0) is 17.7. The predicted octanol–water partition coefficient (Wildman–Crippen LogP) is 5.26. The second-order valence-electron chi connectivity index (χ2n) is 4.84. The molecule has 24 heavy (non-hydrogen) atoms. The third-order valence-corrected chi connectivity index (χ3v) is 4.09. The minimum absolute atomic E-state index is 0.227. The molecule has 0 saturated heterocycles. The monoisotopic (exact) mass is 382 g/mol. The molecule has 2 aromatic carbocycles. The molecular formula is C17H13Cl3N2O2. The van der Waals surface area contributed by atoms with Gasteiger partial charge in [0.15, 0.2) is 0 Å². The first kappa shape index (κ1) is 18.3. The summed E-state index contributed by atoms with van der Waals surface area (Å²) >= 11 is 18.0. The lowest BCUT2D eigenvalue weighted by atomic mass is 10.2. The Morgan fingerprint density at radius 2 is 1.75 bits per heavy atom. The molecule has 0 saturated carbocycles. The molecule has 124 valence electrons. The minimum Gasteiger partial charge on any atom is -0.325 e. The highest BCUT2D eigenvalue weighted by atomic mass is 35.5. The molecule has 2 N–H and O–H groups in total. The number of carbonyl (C=O) groups is 2. The number of benzene rings is 2. The second kappa shape index (κ2) is 8.20. The summed E-state index contributed by atoms with van der Waals surface area (Å²) in [7, 11) is 0. The van der Waals surface area contributed by atoms with E-state index in [-0.39, 0.29) is 11.8 Å². The molecule has 0 aliphatic carbocycles. The average molecular weight is 384 g/mol. The number of rotatable bonds is 4. The van der Waals surface area contributed by atoms with E-state index >= 15 is 0 Å². The van der Waals surface area contributed by atoms with Gasteiger partial charge >= 0.3 is 0 Å². The van der Waals surface area contributed by atoms with E-state index in [1.807, 2.05) is 0 Å². The largest absolute Gasteiger partial charge is 0.325 e. The molecule has 0 aromatic heterocycles. The van der Waals surface area contributed by atoms with Gasteiger partial charge in [-0.25, -0.2) is 0 Å². The van der Waals surface area contributed by atoms with Crippen molar-refractivity contribution in [3.63, 3.8) is 0 Å². The van der Waals surface area contributed by atoms with Crippen LogP contribution < -0.4 is 10.6 Å². The fraction of sp³-hybridized carbons (Fsp3) is 0.0588. The third kappa shape index (κ3) is 4.99. The summed E-state index contributed by atoms with van der Waals surface area (Å²) in [5, 5.41) is 6.38. The topological polar surface area (TPSA) is 58.2 Å². The lowest BCUT2D eigenvalue weighted by Crippen LogP contribution is -2.09. The summed E-state index contributed by atoms with van der Waals surface area (Å²) in [6, 6.07) is 9.94. The van der Waals surface area contributed by atoms with E-state index in [0.717, 1.165) is 0 Å². The first-order valence-corrected chi connectivity index (χ1v) is 8.00. The SMILES string of the molecule is CC(=O)Nc1ccc(NC(=O)/C=C/c2cccc(Cl)c2Cl)cc1Cl. The van der Waals surface area contributed by atoms with Gasteiger partial charge in [-0.05, 0) is 35.9 Å². The van der Waals surface area contributed by atoms with Gasteiger partial charge in [0, 0.05) is 18.7 Å². The van der Waals surface area contributed by atoms with Crippen LogP contribution in [0.2, 0.25) is 15.1 Å². The zero-order valence-corrected chi connectivity index (χ0v) is 14.8. The first-order chi connectivity index (χ1) is 11.4. The van der Waals surface area contributed by atoms with Gasteiger partial charge < -0.3 is 10.6 Å². The molecule has 0 unspecified atom stereocenters. The van der Waals surface area contributed by atoms with Crippen molar-refractivity contribution in [1.29, 1.82) is 0 Å². The molecule has 0 atom stereocenters. The van der Waals surface area contributed by atoms with Crippen molar-refractivity contribution >= 4 is 64.1 Å². The third-order valence-electron chi connectivity index (χ3n) is 2.94. The summed E-state index contributed by atoms with van der Waals surface area (Å²) in [5.41, 5.74) is 1.61. The maximum Gasteiger partial charge on any atom is 0.248 e. The van der Waals surface area contributed by atoms with Crippen LogP contribution in [-0.4, -0.2) is 11.8 Å². The predicted molar refractivity (Wildman–Crippen MR) is 99.9 cm³/mol. The second-order valence-corrected chi connectivity index (χ2v) is 6.03.